The summed E-state index contributed by atoms with van der Waals surface area (Å²) in [5.74, 6) is 0.620. The molecule has 0 radical (unpaired) electrons. The molecule has 0 aromatic heterocycles. The zero-order valence-electron chi connectivity index (χ0n) is 9.51. The van der Waals surface area contributed by atoms with Crippen LogP contribution in [-0.2, 0) is 0 Å². The Bertz CT molecular complexity index is 153. The van der Waals surface area contributed by atoms with Gasteiger partial charge in [0.05, 0.1) is 0 Å². The van der Waals surface area contributed by atoms with Crippen LogP contribution in [0.2, 0.25) is 0 Å². The molecule has 1 atom stereocenters. The molecule has 0 aliphatic rings. The van der Waals surface area contributed by atoms with E-state index < -0.39 is 0 Å². The van der Waals surface area contributed by atoms with Crippen molar-refractivity contribution in [2.24, 2.45) is 5.92 Å². The fourth-order valence-corrected chi connectivity index (χ4v) is 4.44. The summed E-state index contributed by atoms with van der Waals surface area (Å²) in [4.78, 5) is -0.240. The third-order valence-electron chi connectivity index (χ3n) is 1.58. The maximum Gasteiger partial charge on any atom is 0.108 e. The van der Waals surface area contributed by atoms with E-state index in [1.165, 1.54) is 0 Å². The fraction of sp³-hybridized carbons (Fsp3) is 1.00. The lowest BCUT2D eigenvalue weighted by atomic mass is 10.1. The van der Waals surface area contributed by atoms with Gasteiger partial charge in [0.1, 0.15) is 4.84 Å². The van der Waals surface area contributed by atoms with Gasteiger partial charge in [-0.05, 0) is 12.3 Å². The van der Waals surface area contributed by atoms with Crippen LogP contribution in [0.3, 0.4) is 0 Å². The first-order valence-corrected chi connectivity index (χ1v) is 7.93. The first-order chi connectivity index (χ1) is 6.22. The molecule has 4 heteroatoms. The molecule has 0 unspecified atom stereocenters. The maximum absolute atomic E-state index is 5.81. The fourth-order valence-electron chi connectivity index (χ4n) is 0.804. The molecular formula is C10H20Cl2S2. The molecule has 0 spiro atoms. The SMILES string of the molecule is CC(C)[C@H](CC(Cl)Cl)SSC(C)(C)C. The van der Waals surface area contributed by atoms with E-state index in [0.717, 1.165) is 6.42 Å². The summed E-state index contributed by atoms with van der Waals surface area (Å²) in [6.45, 7) is 11.1. The maximum atomic E-state index is 5.81. The van der Waals surface area contributed by atoms with Crippen LogP contribution in [0.5, 0.6) is 0 Å². The molecule has 0 aromatic carbocycles. The first kappa shape index (κ1) is 15.3. The monoisotopic (exact) mass is 274 g/mol. The van der Waals surface area contributed by atoms with Crippen LogP contribution in [0.1, 0.15) is 41.0 Å². The van der Waals surface area contributed by atoms with Crippen molar-refractivity contribution in [2.45, 2.75) is 55.9 Å². The number of halogens is 2. The Morgan fingerprint density at radius 3 is 1.93 bits per heavy atom. The van der Waals surface area contributed by atoms with E-state index in [1.807, 2.05) is 21.6 Å². The Hall–Kier alpha value is 1.28. The van der Waals surface area contributed by atoms with Crippen molar-refractivity contribution >= 4 is 44.8 Å². The number of hydrogen-bond acceptors (Lipinski definition) is 2. The van der Waals surface area contributed by atoms with Crippen LogP contribution in [0.25, 0.3) is 0 Å². The van der Waals surface area contributed by atoms with Gasteiger partial charge in [-0.2, -0.15) is 0 Å². The van der Waals surface area contributed by atoms with E-state index in [2.05, 4.69) is 34.6 Å². The van der Waals surface area contributed by atoms with Crippen molar-refractivity contribution in [2.75, 3.05) is 0 Å². The zero-order chi connectivity index (χ0) is 11.4. The standard InChI is InChI=1S/C10H20Cl2S2/c1-7(2)8(6-9(11)12)13-14-10(3,4)5/h7-9H,6H2,1-5H3/t8-/m0/s1. The highest BCUT2D eigenvalue weighted by atomic mass is 35.5. The molecule has 0 aliphatic heterocycles. The molecule has 0 amide bonds. The Kier molecular flexibility index (Phi) is 7.39. The second-order valence-corrected chi connectivity index (χ2v) is 9.24. The number of alkyl halides is 2. The molecule has 0 rings (SSSR count). The molecule has 0 nitrogen and oxygen atoms in total. The van der Waals surface area contributed by atoms with Crippen LogP contribution in [0.15, 0.2) is 0 Å². The van der Waals surface area contributed by atoms with Crippen LogP contribution >= 0.6 is 44.8 Å². The predicted molar refractivity (Wildman–Crippen MR) is 73.7 cm³/mol. The second kappa shape index (κ2) is 6.78. The highest BCUT2D eigenvalue weighted by Crippen LogP contribution is 2.42. The smallest absolute Gasteiger partial charge is 0.105 e. The van der Waals surface area contributed by atoms with E-state index >= 15 is 0 Å². The summed E-state index contributed by atoms with van der Waals surface area (Å²) in [7, 11) is 3.82. The van der Waals surface area contributed by atoms with Crippen LogP contribution < -0.4 is 0 Å². The minimum Gasteiger partial charge on any atom is -0.105 e. The largest absolute Gasteiger partial charge is 0.108 e. The lowest BCUT2D eigenvalue weighted by molar-refractivity contribution is 0.590. The second-order valence-electron chi connectivity index (χ2n) is 4.70. The number of hydrogen-bond donors (Lipinski definition) is 0. The van der Waals surface area contributed by atoms with E-state index in [-0.39, 0.29) is 4.84 Å². The van der Waals surface area contributed by atoms with Crippen molar-refractivity contribution in [3.05, 3.63) is 0 Å². The summed E-state index contributed by atoms with van der Waals surface area (Å²) >= 11 is 11.6. The summed E-state index contributed by atoms with van der Waals surface area (Å²) in [5.41, 5.74) is 0. The van der Waals surface area contributed by atoms with Gasteiger partial charge in [0.2, 0.25) is 0 Å². The third kappa shape index (κ3) is 8.58. The van der Waals surface area contributed by atoms with E-state index in [4.69, 9.17) is 23.2 Å². The third-order valence-corrected chi connectivity index (χ3v) is 6.04. The van der Waals surface area contributed by atoms with E-state index in [9.17, 15) is 0 Å². The van der Waals surface area contributed by atoms with Crippen LogP contribution in [0, 0.1) is 5.92 Å². The first-order valence-electron chi connectivity index (χ1n) is 4.85. The Balaban J connectivity index is 3.98. The summed E-state index contributed by atoms with van der Waals surface area (Å²) in [5, 5.41) is 0.541. The Morgan fingerprint density at radius 1 is 1.14 bits per heavy atom. The number of rotatable bonds is 5. The van der Waals surface area contributed by atoms with Crippen molar-refractivity contribution in [3.63, 3.8) is 0 Å². The molecule has 0 saturated heterocycles. The average Bonchev–Trinajstić information content (AvgIpc) is 1.94. The minimum absolute atomic E-state index is 0.240. The van der Waals surface area contributed by atoms with Gasteiger partial charge >= 0.3 is 0 Å². The molecule has 0 bridgehead atoms. The van der Waals surface area contributed by atoms with Crippen LogP contribution in [-0.4, -0.2) is 14.8 Å². The Labute approximate surface area is 106 Å². The van der Waals surface area contributed by atoms with Gasteiger partial charge in [-0.1, -0.05) is 56.2 Å². The summed E-state index contributed by atoms with van der Waals surface area (Å²) in [6.07, 6.45) is 0.870. The van der Waals surface area contributed by atoms with Gasteiger partial charge in [-0.3, -0.25) is 0 Å². The quantitative estimate of drug-likeness (QED) is 0.487. The van der Waals surface area contributed by atoms with E-state index in [0.29, 0.717) is 15.9 Å². The Morgan fingerprint density at radius 2 is 1.64 bits per heavy atom. The van der Waals surface area contributed by atoms with Gasteiger partial charge in [-0.25, -0.2) is 0 Å². The molecule has 0 fully saturated rings. The lowest BCUT2D eigenvalue weighted by Crippen LogP contribution is -2.15. The van der Waals surface area contributed by atoms with Crippen molar-refractivity contribution in [1.82, 2.24) is 0 Å². The summed E-state index contributed by atoms with van der Waals surface area (Å²) < 4.78 is 0.298. The normalized spacial score (nSPS) is 15.2. The highest BCUT2D eigenvalue weighted by molar-refractivity contribution is 8.77. The molecule has 0 heterocycles. The van der Waals surface area contributed by atoms with Crippen molar-refractivity contribution in [3.8, 4) is 0 Å². The van der Waals surface area contributed by atoms with Gasteiger partial charge in [0, 0.05) is 10.00 Å². The lowest BCUT2D eigenvalue weighted by Gasteiger charge is -2.24. The van der Waals surface area contributed by atoms with Gasteiger partial charge in [0.15, 0.2) is 0 Å². The summed E-state index contributed by atoms with van der Waals surface area (Å²) in [6, 6.07) is 0. The molecule has 0 N–H and O–H groups in total. The molecule has 0 aliphatic carbocycles. The van der Waals surface area contributed by atoms with Crippen molar-refractivity contribution < 1.29 is 0 Å². The van der Waals surface area contributed by atoms with Crippen LogP contribution in [0.4, 0.5) is 0 Å². The van der Waals surface area contributed by atoms with E-state index in [1.54, 1.807) is 0 Å². The van der Waals surface area contributed by atoms with Gasteiger partial charge < -0.3 is 0 Å². The van der Waals surface area contributed by atoms with Gasteiger partial charge in [0.25, 0.3) is 0 Å². The van der Waals surface area contributed by atoms with Gasteiger partial charge in [-0.15, -0.1) is 23.2 Å². The molecule has 14 heavy (non-hydrogen) atoms. The average molecular weight is 275 g/mol. The molecule has 86 valence electrons. The minimum atomic E-state index is -0.240. The molecule has 0 saturated carbocycles. The molecular weight excluding hydrogens is 255 g/mol. The predicted octanol–water partition coefficient (Wildman–Crippen LogP) is 5.38. The highest BCUT2D eigenvalue weighted by Gasteiger charge is 2.21. The molecule has 0 aromatic rings. The zero-order valence-corrected chi connectivity index (χ0v) is 12.7. The topological polar surface area (TPSA) is 0 Å². The van der Waals surface area contributed by atoms with Crippen molar-refractivity contribution in [1.29, 1.82) is 0 Å².